The van der Waals surface area contributed by atoms with Crippen LogP contribution in [0.4, 0.5) is 5.69 Å². The zero-order chi connectivity index (χ0) is 21.9. The largest absolute Gasteiger partial charge is 0.493 e. The van der Waals surface area contributed by atoms with E-state index in [1.807, 2.05) is 4.90 Å². The van der Waals surface area contributed by atoms with E-state index in [0.29, 0.717) is 22.7 Å². The Morgan fingerprint density at radius 3 is 2.33 bits per heavy atom. The third kappa shape index (κ3) is 4.54. The van der Waals surface area contributed by atoms with Gasteiger partial charge >= 0.3 is 0 Å². The number of ether oxygens (including phenoxy) is 3. The van der Waals surface area contributed by atoms with Crippen molar-refractivity contribution < 1.29 is 23.8 Å². The first-order valence-electron chi connectivity index (χ1n) is 10.4. The number of carbonyl (C=O) groups excluding carboxylic acids is 2. The number of anilines is 1. The monoisotopic (exact) mass is 419 g/mol. The number of carbonyl (C=O) groups is 2. The van der Waals surface area contributed by atoms with Crippen molar-refractivity contribution in [2.24, 2.45) is 5.41 Å². The Labute approximate surface area is 178 Å². The van der Waals surface area contributed by atoms with E-state index < -0.39 is 6.10 Å². The summed E-state index contributed by atoms with van der Waals surface area (Å²) in [7, 11) is 6.63. The third-order valence-corrected chi connectivity index (χ3v) is 6.48. The summed E-state index contributed by atoms with van der Waals surface area (Å²) in [5.74, 6) is 0.395. The van der Waals surface area contributed by atoms with Gasteiger partial charge < -0.3 is 29.3 Å². The molecule has 2 saturated heterocycles. The third-order valence-electron chi connectivity index (χ3n) is 6.48. The second kappa shape index (κ2) is 9.22. The van der Waals surface area contributed by atoms with Crippen molar-refractivity contribution in [1.82, 2.24) is 9.80 Å². The van der Waals surface area contributed by atoms with Crippen molar-refractivity contribution in [2.75, 3.05) is 59.9 Å². The van der Waals surface area contributed by atoms with Crippen molar-refractivity contribution in [3.05, 3.63) is 17.7 Å². The molecule has 1 aromatic rings. The number of rotatable bonds is 6. The molecule has 3 rings (SSSR count). The molecule has 166 valence electrons. The second-order valence-corrected chi connectivity index (χ2v) is 8.41. The maximum absolute atomic E-state index is 13.3. The average Bonchev–Trinajstić information content (AvgIpc) is 3.17. The molecule has 2 heterocycles. The molecule has 30 heavy (non-hydrogen) atoms. The fourth-order valence-electron chi connectivity index (χ4n) is 4.31. The quantitative estimate of drug-likeness (QED) is 0.762. The van der Waals surface area contributed by atoms with Crippen LogP contribution in [0.3, 0.4) is 0 Å². The molecule has 8 nitrogen and oxygen atoms in total. The van der Waals surface area contributed by atoms with Gasteiger partial charge in [0.15, 0.2) is 11.5 Å². The van der Waals surface area contributed by atoms with Gasteiger partial charge in [0.2, 0.25) is 0 Å². The lowest BCUT2D eigenvalue weighted by molar-refractivity contribution is -0.124. The SMILES string of the molecule is COc1cc(C(=O)N2CCC3(CCN(C)CC3)C2)cc(NC(=O)C(C)OC)c1OC. The minimum Gasteiger partial charge on any atom is -0.493 e. The molecule has 0 radical (unpaired) electrons. The Kier molecular flexibility index (Phi) is 6.88. The van der Waals surface area contributed by atoms with Crippen LogP contribution >= 0.6 is 0 Å². The summed E-state index contributed by atoms with van der Waals surface area (Å²) in [6, 6.07) is 3.33. The highest BCUT2D eigenvalue weighted by Gasteiger charge is 2.41. The van der Waals surface area contributed by atoms with E-state index in [4.69, 9.17) is 14.2 Å². The average molecular weight is 420 g/mol. The maximum Gasteiger partial charge on any atom is 0.254 e. The van der Waals surface area contributed by atoms with Gasteiger partial charge in [0.25, 0.3) is 11.8 Å². The lowest BCUT2D eigenvalue weighted by atomic mass is 9.78. The molecule has 8 heteroatoms. The van der Waals surface area contributed by atoms with Crippen molar-refractivity contribution in [1.29, 1.82) is 0 Å². The van der Waals surface area contributed by atoms with Gasteiger partial charge in [-0.05, 0) is 63.9 Å². The summed E-state index contributed by atoms with van der Waals surface area (Å²) < 4.78 is 16.0. The van der Waals surface area contributed by atoms with Gasteiger partial charge in [-0.25, -0.2) is 0 Å². The number of likely N-dealkylation sites (tertiary alicyclic amines) is 2. The minimum absolute atomic E-state index is 0.0537. The van der Waals surface area contributed by atoms with Crippen molar-refractivity contribution in [3.8, 4) is 11.5 Å². The highest BCUT2D eigenvalue weighted by Crippen LogP contribution is 2.42. The molecule has 0 saturated carbocycles. The van der Waals surface area contributed by atoms with E-state index in [2.05, 4.69) is 17.3 Å². The summed E-state index contributed by atoms with van der Waals surface area (Å²) in [5.41, 5.74) is 1.09. The summed E-state index contributed by atoms with van der Waals surface area (Å²) >= 11 is 0. The second-order valence-electron chi connectivity index (χ2n) is 8.41. The van der Waals surface area contributed by atoms with Crippen LogP contribution in [-0.2, 0) is 9.53 Å². The zero-order valence-electron chi connectivity index (χ0n) is 18.6. The molecule has 0 aliphatic carbocycles. The standard InChI is InChI=1S/C22H33N3O5/c1-15(28-3)20(26)23-17-12-16(13-18(29-4)19(17)30-5)21(27)25-11-8-22(14-25)6-9-24(2)10-7-22/h12-13,15H,6-11,14H2,1-5H3,(H,23,26). The summed E-state index contributed by atoms with van der Waals surface area (Å²) in [5, 5.41) is 2.79. The number of piperidine rings is 1. The fraction of sp³-hybridized carbons (Fsp3) is 0.636. The van der Waals surface area contributed by atoms with Gasteiger partial charge in [-0.1, -0.05) is 0 Å². The lowest BCUT2D eigenvalue weighted by Gasteiger charge is -2.37. The number of nitrogens with zero attached hydrogens (tertiary/aromatic N) is 2. The predicted molar refractivity (Wildman–Crippen MR) is 114 cm³/mol. The molecule has 2 aliphatic rings. The van der Waals surface area contributed by atoms with Crippen LogP contribution in [-0.4, -0.2) is 82.3 Å². The van der Waals surface area contributed by atoms with Crippen molar-refractivity contribution in [3.63, 3.8) is 0 Å². The first-order chi connectivity index (χ1) is 14.3. The Morgan fingerprint density at radius 1 is 1.07 bits per heavy atom. The Morgan fingerprint density at radius 2 is 1.73 bits per heavy atom. The summed E-state index contributed by atoms with van der Waals surface area (Å²) in [4.78, 5) is 29.9. The molecule has 1 spiro atoms. The topological polar surface area (TPSA) is 80.3 Å². The molecule has 1 N–H and O–H groups in total. The van der Waals surface area contributed by atoms with Crippen LogP contribution in [0.25, 0.3) is 0 Å². The highest BCUT2D eigenvalue weighted by atomic mass is 16.5. The smallest absolute Gasteiger partial charge is 0.254 e. The van der Waals surface area contributed by atoms with Crippen LogP contribution in [0, 0.1) is 5.41 Å². The van der Waals surface area contributed by atoms with Gasteiger partial charge in [0.1, 0.15) is 6.10 Å². The molecular weight excluding hydrogens is 386 g/mol. The number of amides is 2. The predicted octanol–water partition coefficient (Wildman–Crippen LogP) is 2.24. The highest BCUT2D eigenvalue weighted by molar-refractivity contribution is 6.00. The van der Waals surface area contributed by atoms with Crippen molar-refractivity contribution in [2.45, 2.75) is 32.3 Å². The molecule has 0 bridgehead atoms. The van der Waals surface area contributed by atoms with E-state index in [1.165, 1.54) is 21.3 Å². The van der Waals surface area contributed by atoms with Crippen LogP contribution in [0.2, 0.25) is 0 Å². The van der Waals surface area contributed by atoms with E-state index in [1.54, 1.807) is 19.1 Å². The van der Waals surface area contributed by atoms with Gasteiger partial charge in [-0.3, -0.25) is 9.59 Å². The lowest BCUT2D eigenvalue weighted by Crippen LogP contribution is -2.40. The molecule has 2 fully saturated rings. The number of hydrogen-bond acceptors (Lipinski definition) is 6. The molecule has 1 aromatic carbocycles. The van der Waals surface area contributed by atoms with Gasteiger partial charge in [-0.15, -0.1) is 0 Å². The zero-order valence-corrected chi connectivity index (χ0v) is 18.6. The fourth-order valence-corrected chi connectivity index (χ4v) is 4.31. The minimum atomic E-state index is -0.636. The normalized spacial score (nSPS) is 19.6. The van der Waals surface area contributed by atoms with Crippen LogP contribution in [0.15, 0.2) is 12.1 Å². The molecule has 1 unspecified atom stereocenters. The molecule has 1 atom stereocenters. The van der Waals surface area contributed by atoms with E-state index in [-0.39, 0.29) is 17.2 Å². The van der Waals surface area contributed by atoms with Gasteiger partial charge in [-0.2, -0.15) is 0 Å². The molecule has 2 aliphatic heterocycles. The number of methoxy groups -OCH3 is 3. The first kappa shape index (κ1) is 22.4. The van der Waals surface area contributed by atoms with Gasteiger partial charge in [0.05, 0.1) is 19.9 Å². The molecular formula is C22H33N3O5. The Balaban J connectivity index is 1.83. The number of nitrogens with one attached hydrogen (secondary N) is 1. The molecule has 0 aromatic heterocycles. The van der Waals surface area contributed by atoms with Crippen LogP contribution in [0.1, 0.15) is 36.5 Å². The molecule has 2 amide bonds. The number of benzene rings is 1. The van der Waals surface area contributed by atoms with E-state index in [0.717, 1.165) is 45.4 Å². The van der Waals surface area contributed by atoms with Crippen LogP contribution < -0.4 is 14.8 Å². The van der Waals surface area contributed by atoms with Gasteiger partial charge in [0, 0.05) is 25.8 Å². The Hall–Kier alpha value is -2.32. The van der Waals surface area contributed by atoms with E-state index >= 15 is 0 Å². The first-order valence-corrected chi connectivity index (χ1v) is 10.4. The number of hydrogen-bond donors (Lipinski definition) is 1. The Bertz CT molecular complexity index is 789. The van der Waals surface area contributed by atoms with Crippen LogP contribution in [0.5, 0.6) is 11.5 Å². The summed E-state index contributed by atoms with van der Waals surface area (Å²) in [6.45, 7) is 5.33. The van der Waals surface area contributed by atoms with E-state index in [9.17, 15) is 9.59 Å². The van der Waals surface area contributed by atoms with Crippen molar-refractivity contribution >= 4 is 17.5 Å². The maximum atomic E-state index is 13.3. The summed E-state index contributed by atoms with van der Waals surface area (Å²) in [6.07, 6.45) is 2.64.